The van der Waals surface area contributed by atoms with E-state index in [1.165, 1.54) is 11.1 Å². The van der Waals surface area contributed by atoms with Gasteiger partial charge in [0, 0.05) is 57.3 Å². The standard InChI is InChI=1S/C35H49ClN7O3S.C2H6.W/c1-23(2)46-31-21-27(26-10-15-43(16-11-26)17-12-33(44)38-14-19-45-18-13-37)25(5)20-30(31)41-35-39-22-28(36)34(42-35)40-29-8-6-7-9-32(29)47-24(3)4;1-2;/h6-9,20-24,26,37H,10-19H2,1-5H3,(H,38,44)(H2,39,40,41,42);1-2H3;/q-1;;. The summed E-state index contributed by atoms with van der Waals surface area (Å²) in [6.45, 7) is 18.7. The third-order valence-electron chi connectivity index (χ3n) is 7.72. The molecule has 1 fully saturated rings. The Kier molecular flexibility index (Phi) is 20.3. The summed E-state index contributed by atoms with van der Waals surface area (Å²) >= 11 is 8.32. The molecule has 1 aliphatic rings. The van der Waals surface area contributed by atoms with Crippen LogP contribution in [0.5, 0.6) is 5.75 Å². The van der Waals surface area contributed by atoms with Crippen LogP contribution in [-0.4, -0.2) is 78.1 Å². The maximum atomic E-state index is 12.2. The molecule has 3 aromatic rings. The normalized spacial score (nSPS) is 13.3. The maximum absolute atomic E-state index is 12.2. The largest absolute Gasteiger partial charge is 0.676 e. The second kappa shape index (κ2) is 23.2. The first kappa shape index (κ1) is 43.8. The van der Waals surface area contributed by atoms with Gasteiger partial charge in [0.05, 0.1) is 30.3 Å². The predicted molar refractivity (Wildman–Crippen MR) is 205 cm³/mol. The molecule has 2 heterocycles. The molecule has 4 rings (SSSR count). The minimum absolute atomic E-state index is 0. The van der Waals surface area contributed by atoms with Gasteiger partial charge in [-0.05, 0) is 88.0 Å². The number of hydrogen-bond donors (Lipinski definition) is 3. The van der Waals surface area contributed by atoms with Crippen molar-refractivity contribution in [1.29, 1.82) is 0 Å². The van der Waals surface area contributed by atoms with Gasteiger partial charge in [0.25, 0.3) is 0 Å². The minimum atomic E-state index is -0.0124. The van der Waals surface area contributed by atoms with Gasteiger partial charge >= 0.3 is 0 Å². The number of thioether (sulfide) groups is 1. The SMILES string of the molecule is CC.Cc1cc(Nc2ncc(Cl)c(Nc3ccccc3SC(C)C)n2)c(OC(C)C)cc1C1CCN(CCC(=O)NCCOCC[NH-])CC1.[W]. The van der Waals surface area contributed by atoms with E-state index in [0.29, 0.717) is 54.1 Å². The van der Waals surface area contributed by atoms with Gasteiger partial charge in [0.1, 0.15) is 10.8 Å². The molecule has 276 valence electrons. The van der Waals surface area contributed by atoms with E-state index in [9.17, 15) is 4.79 Å². The van der Waals surface area contributed by atoms with Crippen molar-refractivity contribution in [2.75, 3.05) is 56.6 Å². The number of para-hydroxylation sites is 1. The number of carbonyl (C=O) groups is 1. The van der Waals surface area contributed by atoms with E-state index in [4.69, 9.17) is 31.8 Å². The van der Waals surface area contributed by atoms with E-state index < -0.39 is 0 Å². The summed E-state index contributed by atoms with van der Waals surface area (Å²) in [7, 11) is 0. The Hall–Kier alpha value is -2.40. The van der Waals surface area contributed by atoms with E-state index in [1.807, 2.05) is 45.9 Å². The van der Waals surface area contributed by atoms with Gasteiger partial charge in [-0.1, -0.05) is 51.4 Å². The average molecular weight is 897 g/mol. The van der Waals surface area contributed by atoms with Crippen LogP contribution in [0.25, 0.3) is 5.73 Å². The fourth-order valence-corrected chi connectivity index (χ4v) is 6.58. The summed E-state index contributed by atoms with van der Waals surface area (Å²) in [6, 6.07) is 12.4. The number of hydrogen-bond acceptors (Lipinski definition) is 9. The number of amides is 1. The van der Waals surface area contributed by atoms with Crippen molar-refractivity contribution in [1.82, 2.24) is 20.2 Å². The molecule has 50 heavy (non-hydrogen) atoms. The van der Waals surface area contributed by atoms with Gasteiger partial charge in [-0.25, -0.2) is 4.98 Å². The first-order valence-electron chi connectivity index (χ1n) is 17.5. The number of aryl methyl sites for hydroxylation is 1. The van der Waals surface area contributed by atoms with Crippen molar-refractivity contribution in [3.8, 4) is 5.75 Å². The molecule has 1 aromatic heterocycles. The molecule has 4 N–H and O–H groups in total. The van der Waals surface area contributed by atoms with Crippen LogP contribution in [-0.2, 0) is 30.6 Å². The van der Waals surface area contributed by atoms with E-state index in [2.05, 4.69) is 64.8 Å². The van der Waals surface area contributed by atoms with Gasteiger partial charge < -0.3 is 36.1 Å². The van der Waals surface area contributed by atoms with Crippen LogP contribution in [0, 0.1) is 6.92 Å². The molecule has 0 atom stereocenters. The number of ether oxygens (including phenoxy) is 2. The number of benzene rings is 2. The smallest absolute Gasteiger partial charge is 0.229 e. The summed E-state index contributed by atoms with van der Waals surface area (Å²) in [5.41, 5.74) is 11.3. The van der Waals surface area contributed by atoms with Gasteiger partial charge in [0.2, 0.25) is 11.9 Å². The third-order valence-corrected chi connectivity index (χ3v) is 9.08. The van der Waals surface area contributed by atoms with Gasteiger partial charge in [-0.2, -0.15) is 4.98 Å². The summed E-state index contributed by atoms with van der Waals surface area (Å²) in [6.07, 6.45) is 4.10. The molecule has 1 saturated heterocycles. The van der Waals surface area contributed by atoms with Crippen molar-refractivity contribution in [2.45, 2.75) is 89.9 Å². The Labute approximate surface area is 323 Å². The second-order valence-corrected chi connectivity index (χ2v) is 14.3. The summed E-state index contributed by atoms with van der Waals surface area (Å²) in [5.74, 6) is 2.16. The number of anilines is 4. The van der Waals surface area contributed by atoms with Gasteiger partial charge in [-0.15, -0.1) is 18.3 Å². The number of nitrogens with zero attached hydrogens (tertiary/aromatic N) is 3. The van der Waals surface area contributed by atoms with Crippen molar-refractivity contribution < 1.29 is 35.3 Å². The van der Waals surface area contributed by atoms with Crippen molar-refractivity contribution in [2.24, 2.45) is 0 Å². The summed E-state index contributed by atoms with van der Waals surface area (Å²) in [5, 5.41) is 10.6. The molecule has 0 spiro atoms. The molecule has 13 heteroatoms. The van der Waals surface area contributed by atoms with Crippen LogP contribution in [0.2, 0.25) is 5.02 Å². The van der Waals surface area contributed by atoms with E-state index in [0.717, 1.165) is 54.5 Å². The van der Waals surface area contributed by atoms with E-state index in [-0.39, 0.29) is 39.6 Å². The molecule has 0 aliphatic carbocycles. The average Bonchev–Trinajstić information content (AvgIpc) is 3.08. The first-order valence-corrected chi connectivity index (χ1v) is 18.7. The third kappa shape index (κ3) is 14.3. The molecule has 2 aromatic carbocycles. The van der Waals surface area contributed by atoms with Crippen LogP contribution in [0.4, 0.5) is 23.1 Å². The van der Waals surface area contributed by atoms with Crippen molar-refractivity contribution >= 4 is 52.4 Å². The Bertz CT molecular complexity index is 1460. The fraction of sp³-hybridized carbons (Fsp3) is 0.541. The Balaban J connectivity index is 0.00000284. The molecule has 0 saturated carbocycles. The number of carbonyl (C=O) groups excluding carboxylic acids is 1. The topological polar surface area (TPSA) is 124 Å². The van der Waals surface area contributed by atoms with Crippen LogP contribution in [0.3, 0.4) is 0 Å². The zero-order valence-corrected chi connectivity index (χ0v) is 35.1. The van der Waals surface area contributed by atoms with E-state index >= 15 is 0 Å². The number of halogens is 1. The predicted octanol–water partition coefficient (Wildman–Crippen LogP) is 8.99. The molecular weight excluding hydrogens is 842 g/mol. The van der Waals surface area contributed by atoms with Gasteiger partial charge in [0.15, 0.2) is 5.82 Å². The second-order valence-electron chi connectivity index (χ2n) is 12.3. The number of aromatic nitrogens is 2. The van der Waals surface area contributed by atoms with Crippen LogP contribution >= 0.6 is 23.4 Å². The zero-order chi connectivity index (χ0) is 35.8. The molecular formula is C37H55ClN7O3SW-. The molecule has 1 aliphatic heterocycles. The quantitative estimate of drug-likeness (QED) is 0.0900. The molecule has 0 unspecified atom stereocenters. The summed E-state index contributed by atoms with van der Waals surface area (Å²) < 4.78 is 11.6. The van der Waals surface area contributed by atoms with Crippen molar-refractivity contribution in [3.05, 3.63) is 64.5 Å². The molecule has 10 nitrogen and oxygen atoms in total. The Morgan fingerprint density at radius 1 is 1.08 bits per heavy atom. The minimum Gasteiger partial charge on any atom is -0.676 e. The fourth-order valence-electron chi connectivity index (χ4n) is 5.53. The van der Waals surface area contributed by atoms with Crippen LogP contribution in [0.1, 0.15) is 77.8 Å². The van der Waals surface area contributed by atoms with Gasteiger partial charge in [-0.3, -0.25) is 4.79 Å². The Morgan fingerprint density at radius 3 is 2.48 bits per heavy atom. The number of nitrogens with one attached hydrogen (secondary N) is 4. The first-order chi connectivity index (χ1) is 23.6. The summed E-state index contributed by atoms with van der Waals surface area (Å²) in [4.78, 5) is 24.9. The number of likely N-dealkylation sites (tertiary alicyclic amines) is 1. The maximum Gasteiger partial charge on any atom is 0.229 e. The van der Waals surface area contributed by atoms with Crippen molar-refractivity contribution in [3.63, 3.8) is 0 Å². The zero-order valence-electron chi connectivity index (χ0n) is 30.6. The monoisotopic (exact) mass is 896 g/mol. The molecule has 0 radical (unpaired) electrons. The van der Waals surface area contributed by atoms with Crippen LogP contribution in [0.15, 0.2) is 47.5 Å². The molecule has 0 bridgehead atoms. The number of rotatable bonds is 17. The number of piperidine rings is 1. The van der Waals surface area contributed by atoms with E-state index in [1.54, 1.807) is 18.0 Å². The Morgan fingerprint density at radius 2 is 1.80 bits per heavy atom. The molecule has 1 amide bonds. The van der Waals surface area contributed by atoms with Crippen LogP contribution < -0.4 is 20.7 Å².